The number of hydrogen-bond donors (Lipinski definition) is 2. The molecule has 0 radical (unpaired) electrons. The monoisotopic (exact) mass is 244 g/mol. The summed E-state index contributed by atoms with van der Waals surface area (Å²) in [6.45, 7) is 5.90. The second-order valence-electron chi connectivity index (χ2n) is 4.53. The molecular weight excluding hydrogens is 220 g/mol. The van der Waals surface area contributed by atoms with Gasteiger partial charge in [0.1, 0.15) is 0 Å². The average molecular weight is 244 g/mol. The Balaban J connectivity index is 4.02. The van der Waals surface area contributed by atoms with Gasteiger partial charge in [-0.05, 0) is 26.7 Å². The number of urea groups is 1. The summed E-state index contributed by atoms with van der Waals surface area (Å²) in [6, 6.07) is -0.0506. The molecule has 0 fully saturated rings. The fourth-order valence-corrected chi connectivity index (χ4v) is 1.54. The van der Waals surface area contributed by atoms with Gasteiger partial charge in [0, 0.05) is 25.6 Å². The Hall–Kier alpha value is -1.26. The first-order chi connectivity index (χ1) is 7.88. The molecule has 0 saturated heterocycles. The summed E-state index contributed by atoms with van der Waals surface area (Å²) in [5.41, 5.74) is 0. The lowest BCUT2D eigenvalue weighted by Gasteiger charge is -2.26. The van der Waals surface area contributed by atoms with Crippen molar-refractivity contribution in [3.63, 3.8) is 0 Å². The Kier molecular flexibility index (Phi) is 7.34. The number of nitrogens with zero attached hydrogens (tertiary/aromatic N) is 1. The molecule has 2 atom stereocenters. The molecule has 0 saturated carbocycles. The van der Waals surface area contributed by atoms with Crippen molar-refractivity contribution in [1.29, 1.82) is 0 Å². The van der Waals surface area contributed by atoms with Gasteiger partial charge in [0.2, 0.25) is 0 Å². The third-order valence-electron chi connectivity index (χ3n) is 2.85. The maximum absolute atomic E-state index is 11.8. The largest absolute Gasteiger partial charge is 0.481 e. The van der Waals surface area contributed by atoms with Crippen molar-refractivity contribution >= 4 is 12.0 Å². The van der Waals surface area contributed by atoms with E-state index in [1.807, 2.05) is 13.8 Å². The summed E-state index contributed by atoms with van der Waals surface area (Å²) < 4.78 is 0. The Morgan fingerprint density at radius 3 is 2.35 bits per heavy atom. The van der Waals surface area contributed by atoms with Crippen LogP contribution in [0.25, 0.3) is 0 Å². The van der Waals surface area contributed by atoms with E-state index in [0.717, 1.165) is 12.8 Å². The van der Waals surface area contributed by atoms with Crippen LogP contribution in [0.4, 0.5) is 4.79 Å². The first-order valence-electron chi connectivity index (χ1n) is 6.13. The molecule has 0 bridgehead atoms. The molecule has 2 amide bonds. The minimum absolute atomic E-state index is 0.0790. The number of carboxylic acid groups (broad SMARTS) is 1. The molecule has 2 unspecified atom stereocenters. The lowest BCUT2D eigenvalue weighted by molar-refractivity contribution is -0.137. The van der Waals surface area contributed by atoms with Gasteiger partial charge in [-0.15, -0.1) is 0 Å². The maximum atomic E-state index is 11.8. The fourth-order valence-electron chi connectivity index (χ4n) is 1.54. The predicted octanol–water partition coefficient (Wildman–Crippen LogP) is 2.07. The van der Waals surface area contributed by atoms with Gasteiger partial charge in [0.25, 0.3) is 0 Å². The number of carbonyl (C=O) groups excluding carboxylic acids is 1. The highest BCUT2D eigenvalue weighted by molar-refractivity contribution is 5.74. The number of aliphatic carboxylic acids is 1. The van der Waals surface area contributed by atoms with E-state index < -0.39 is 5.97 Å². The van der Waals surface area contributed by atoms with Crippen molar-refractivity contribution in [2.45, 2.75) is 58.5 Å². The summed E-state index contributed by atoms with van der Waals surface area (Å²) >= 11 is 0. The maximum Gasteiger partial charge on any atom is 0.317 e. The highest BCUT2D eigenvalue weighted by atomic mass is 16.4. The van der Waals surface area contributed by atoms with Crippen molar-refractivity contribution in [2.75, 3.05) is 7.05 Å². The van der Waals surface area contributed by atoms with Gasteiger partial charge in [-0.25, -0.2) is 4.79 Å². The molecule has 5 heteroatoms. The van der Waals surface area contributed by atoms with Crippen LogP contribution in [0.1, 0.15) is 46.5 Å². The molecule has 2 N–H and O–H groups in total. The smallest absolute Gasteiger partial charge is 0.317 e. The van der Waals surface area contributed by atoms with Crippen LogP contribution in [0.2, 0.25) is 0 Å². The summed E-state index contributed by atoms with van der Waals surface area (Å²) in [5, 5.41) is 11.3. The van der Waals surface area contributed by atoms with Gasteiger partial charge in [-0.3, -0.25) is 4.79 Å². The lowest BCUT2D eigenvalue weighted by Crippen LogP contribution is -2.45. The van der Waals surface area contributed by atoms with Gasteiger partial charge < -0.3 is 15.3 Å². The SMILES string of the molecule is CCCC(C)N(C)C(=O)NC(C)CCC(=O)O. The zero-order valence-electron chi connectivity index (χ0n) is 11.2. The molecule has 0 aromatic rings. The van der Waals surface area contributed by atoms with Crippen LogP contribution in [0.3, 0.4) is 0 Å². The molecule has 0 aromatic carbocycles. The third-order valence-corrected chi connectivity index (χ3v) is 2.85. The first-order valence-corrected chi connectivity index (χ1v) is 6.13. The van der Waals surface area contributed by atoms with Crippen LogP contribution < -0.4 is 5.32 Å². The Bertz CT molecular complexity index is 256. The molecule has 0 rings (SSSR count). The van der Waals surface area contributed by atoms with Gasteiger partial charge in [-0.1, -0.05) is 13.3 Å². The van der Waals surface area contributed by atoms with Crippen LogP contribution in [0, 0.1) is 0 Å². The van der Waals surface area contributed by atoms with E-state index in [4.69, 9.17) is 5.11 Å². The molecule has 0 spiro atoms. The Morgan fingerprint density at radius 2 is 1.88 bits per heavy atom. The van der Waals surface area contributed by atoms with E-state index >= 15 is 0 Å². The molecule has 0 aromatic heterocycles. The van der Waals surface area contributed by atoms with E-state index in [9.17, 15) is 9.59 Å². The van der Waals surface area contributed by atoms with Crippen LogP contribution in [0.15, 0.2) is 0 Å². The number of rotatable bonds is 7. The van der Waals surface area contributed by atoms with Gasteiger partial charge in [0.05, 0.1) is 0 Å². The van der Waals surface area contributed by atoms with Crippen molar-refractivity contribution in [2.24, 2.45) is 0 Å². The number of carbonyl (C=O) groups is 2. The van der Waals surface area contributed by atoms with Gasteiger partial charge >= 0.3 is 12.0 Å². The minimum atomic E-state index is -0.834. The van der Waals surface area contributed by atoms with Crippen LogP contribution in [-0.4, -0.2) is 41.1 Å². The van der Waals surface area contributed by atoms with E-state index in [-0.39, 0.29) is 24.5 Å². The Morgan fingerprint density at radius 1 is 1.29 bits per heavy atom. The summed E-state index contributed by atoms with van der Waals surface area (Å²) in [4.78, 5) is 23.8. The first kappa shape index (κ1) is 15.7. The highest BCUT2D eigenvalue weighted by Gasteiger charge is 2.16. The average Bonchev–Trinajstić information content (AvgIpc) is 2.25. The molecule has 0 aliphatic heterocycles. The minimum Gasteiger partial charge on any atom is -0.481 e. The molecule has 0 aliphatic carbocycles. The molecular formula is C12H24N2O3. The normalized spacial score (nSPS) is 13.9. The second kappa shape index (κ2) is 7.92. The highest BCUT2D eigenvalue weighted by Crippen LogP contribution is 2.05. The standard InChI is InChI=1S/C12H24N2O3/c1-5-6-10(3)14(4)12(17)13-9(2)7-8-11(15)16/h9-10H,5-8H2,1-4H3,(H,13,17)(H,15,16). The predicted molar refractivity (Wildman–Crippen MR) is 67.0 cm³/mol. The lowest BCUT2D eigenvalue weighted by atomic mass is 10.1. The topological polar surface area (TPSA) is 69.6 Å². The number of carboxylic acids is 1. The van der Waals surface area contributed by atoms with Crippen LogP contribution >= 0.6 is 0 Å². The van der Waals surface area contributed by atoms with E-state index in [2.05, 4.69) is 12.2 Å². The van der Waals surface area contributed by atoms with E-state index in [1.165, 1.54) is 0 Å². The van der Waals surface area contributed by atoms with Gasteiger partial charge in [0.15, 0.2) is 0 Å². The number of amides is 2. The fraction of sp³-hybridized carbons (Fsp3) is 0.833. The van der Waals surface area contributed by atoms with Crippen molar-refractivity contribution in [3.05, 3.63) is 0 Å². The quantitative estimate of drug-likeness (QED) is 0.720. The van der Waals surface area contributed by atoms with Crippen molar-refractivity contribution in [3.8, 4) is 0 Å². The summed E-state index contributed by atoms with van der Waals surface area (Å²) in [7, 11) is 1.76. The van der Waals surface area contributed by atoms with E-state index in [0.29, 0.717) is 6.42 Å². The second-order valence-corrected chi connectivity index (χ2v) is 4.53. The zero-order chi connectivity index (χ0) is 13.4. The van der Waals surface area contributed by atoms with Crippen molar-refractivity contribution in [1.82, 2.24) is 10.2 Å². The number of hydrogen-bond acceptors (Lipinski definition) is 2. The van der Waals surface area contributed by atoms with Crippen molar-refractivity contribution < 1.29 is 14.7 Å². The summed E-state index contributed by atoms with van der Waals surface area (Å²) in [6.07, 6.45) is 2.54. The zero-order valence-corrected chi connectivity index (χ0v) is 11.2. The summed E-state index contributed by atoms with van der Waals surface area (Å²) in [5.74, 6) is -0.834. The van der Waals surface area contributed by atoms with E-state index in [1.54, 1.807) is 11.9 Å². The van der Waals surface area contributed by atoms with Gasteiger partial charge in [-0.2, -0.15) is 0 Å². The molecule has 5 nitrogen and oxygen atoms in total. The molecule has 17 heavy (non-hydrogen) atoms. The molecule has 0 heterocycles. The molecule has 100 valence electrons. The third kappa shape index (κ3) is 6.81. The van der Waals surface area contributed by atoms with Crippen LogP contribution in [0.5, 0.6) is 0 Å². The molecule has 0 aliphatic rings. The Labute approximate surface area is 103 Å². The number of nitrogens with one attached hydrogen (secondary N) is 1. The van der Waals surface area contributed by atoms with Crippen LogP contribution in [-0.2, 0) is 4.79 Å².